The minimum Gasteiger partial charge on any atom is -0.394 e. The van der Waals surface area contributed by atoms with E-state index in [4.69, 9.17) is 0 Å². The van der Waals surface area contributed by atoms with Crippen LogP contribution in [0.3, 0.4) is 0 Å². The Labute approximate surface area is 377 Å². The SMILES string of the molecule is CCCCCCCCCC/C=C\CCCCCCCCCCCCCCCCCCCCCC(=O)NC(CO)C(O)/C=C/CCCCCCCCCCCCCCCCC. The highest BCUT2D eigenvalue weighted by Gasteiger charge is 2.18. The zero-order chi connectivity index (χ0) is 43.5. The molecule has 0 spiro atoms. The Hall–Kier alpha value is -1.13. The fourth-order valence-corrected chi connectivity index (χ4v) is 8.71. The molecule has 0 heterocycles. The second-order valence-corrected chi connectivity index (χ2v) is 19.0. The van der Waals surface area contributed by atoms with Crippen LogP contribution in [0.4, 0.5) is 0 Å². The molecule has 3 N–H and O–H groups in total. The van der Waals surface area contributed by atoms with Gasteiger partial charge in [0.1, 0.15) is 0 Å². The summed E-state index contributed by atoms with van der Waals surface area (Å²) in [4.78, 5) is 12.5. The number of carbonyl (C=O) groups excluding carboxylic acids is 1. The largest absolute Gasteiger partial charge is 0.394 e. The van der Waals surface area contributed by atoms with Gasteiger partial charge in [-0.2, -0.15) is 0 Å². The summed E-state index contributed by atoms with van der Waals surface area (Å²) in [5, 5.41) is 23.1. The molecule has 4 heteroatoms. The highest BCUT2D eigenvalue weighted by atomic mass is 16.3. The summed E-state index contributed by atoms with van der Waals surface area (Å²) in [6, 6.07) is -0.619. The summed E-state index contributed by atoms with van der Waals surface area (Å²) in [7, 11) is 0. The van der Waals surface area contributed by atoms with E-state index in [0.29, 0.717) is 6.42 Å². The summed E-state index contributed by atoms with van der Waals surface area (Å²) in [5.74, 6) is -0.0580. The quantitative estimate of drug-likeness (QED) is 0.0422. The Bertz CT molecular complexity index is 871. The maximum atomic E-state index is 12.5. The first-order chi connectivity index (χ1) is 29.7. The van der Waals surface area contributed by atoms with Gasteiger partial charge in [-0.1, -0.05) is 282 Å². The molecule has 0 aliphatic rings. The van der Waals surface area contributed by atoms with Crippen LogP contribution < -0.4 is 5.32 Å². The first kappa shape index (κ1) is 58.9. The number of rotatable bonds is 51. The number of aliphatic hydroxyl groups is 2. The molecule has 0 aromatic rings. The van der Waals surface area contributed by atoms with E-state index in [-0.39, 0.29) is 12.5 Å². The van der Waals surface area contributed by atoms with E-state index < -0.39 is 12.1 Å². The van der Waals surface area contributed by atoms with Gasteiger partial charge in [0.25, 0.3) is 0 Å². The van der Waals surface area contributed by atoms with Crippen molar-refractivity contribution >= 4 is 5.91 Å². The van der Waals surface area contributed by atoms with Crippen LogP contribution in [0.15, 0.2) is 24.3 Å². The molecule has 0 bridgehead atoms. The predicted octanol–water partition coefficient (Wildman–Crippen LogP) is 17.9. The average molecular weight is 844 g/mol. The van der Waals surface area contributed by atoms with E-state index in [1.165, 1.54) is 263 Å². The Morgan fingerprint density at radius 1 is 0.383 bits per heavy atom. The van der Waals surface area contributed by atoms with Gasteiger partial charge in [0.15, 0.2) is 0 Å². The standard InChI is InChI=1S/C56H109NO3/c1-3-5-7-9-11-13-15-17-19-21-22-23-24-25-26-27-28-29-30-31-32-33-34-36-38-40-42-44-46-48-50-52-56(60)57-54(53-58)55(59)51-49-47-45-43-41-39-37-35-20-18-16-14-12-10-8-6-4-2/h21-22,49,51,54-55,58-59H,3-20,23-48,50,52-53H2,1-2H3,(H,57,60)/b22-21-,51-49+. The molecule has 60 heavy (non-hydrogen) atoms. The molecule has 0 aliphatic carbocycles. The number of hydrogen-bond acceptors (Lipinski definition) is 3. The van der Waals surface area contributed by atoms with E-state index >= 15 is 0 Å². The fraction of sp³-hybridized carbons (Fsp3) is 0.911. The second-order valence-electron chi connectivity index (χ2n) is 19.0. The van der Waals surface area contributed by atoms with Crippen molar-refractivity contribution < 1.29 is 15.0 Å². The van der Waals surface area contributed by atoms with Gasteiger partial charge < -0.3 is 15.5 Å². The number of hydrogen-bond donors (Lipinski definition) is 3. The smallest absolute Gasteiger partial charge is 0.220 e. The summed E-state index contributed by atoms with van der Waals surface area (Å²) >= 11 is 0. The third-order valence-electron chi connectivity index (χ3n) is 12.9. The highest BCUT2D eigenvalue weighted by Crippen LogP contribution is 2.17. The monoisotopic (exact) mass is 844 g/mol. The number of carbonyl (C=O) groups is 1. The Kier molecular flexibility index (Phi) is 51.2. The molecule has 2 unspecified atom stereocenters. The Morgan fingerprint density at radius 3 is 0.917 bits per heavy atom. The van der Waals surface area contributed by atoms with Crippen molar-refractivity contribution in [3.8, 4) is 0 Å². The molecular formula is C56H109NO3. The Morgan fingerprint density at radius 2 is 0.633 bits per heavy atom. The molecule has 0 radical (unpaired) electrons. The molecular weight excluding hydrogens is 735 g/mol. The minimum atomic E-state index is -0.836. The highest BCUT2D eigenvalue weighted by molar-refractivity contribution is 5.76. The molecule has 0 saturated carbocycles. The lowest BCUT2D eigenvalue weighted by molar-refractivity contribution is -0.123. The summed E-state index contributed by atoms with van der Waals surface area (Å²) in [5.41, 5.74) is 0. The van der Waals surface area contributed by atoms with Crippen molar-refractivity contribution in [2.45, 2.75) is 321 Å². The minimum absolute atomic E-state index is 0.0580. The zero-order valence-corrected chi connectivity index (χ0v) is 41.0. The topological polar surface area (TPSA) is 69.6 Å². The van der Waals surface area contributed by atoms with Crippen molar-refractivity contribution in [1.82, 2.24) is 5.32 Å². The predicted molar refractivity (Wildman–Crippen MR) is 267 cm³/mol. The molecule has 0 rings (SSSR count). The van der Waals surface area contributed by atoms with Crippen LogP contribution in [0, 0.1) is 0 Å². The van der Waals surface area contributed by atoms with Crippen molar-refractivity contribution in [2.75, 3.05) is 6.61 Å². The van der Waals surface area contributed by atoms with Crippen LogP contribution in [0.25, 0.3) is 0 Å². The number of nitrogens with one attached hydrogen (secondary N) is 1. The molecule has 356 valence electrons. The average Bonchev–Trinajstić information content (AvgIpc) is 3.25. The van der Waals surface area contributed by atoms with E-state index in [0.717, 1.165) is 25.7 Å². The van der Waals surface area contributed by atoms with Crippen molar-refractivity contribution in [1.29, 1.82) is 0 Å². The zero-order valence-electron chi connectivity index (χ0n) is 41.0. The lowest BCUT2D eigenvalue weighted by atomic mass is 10.0. The summed E-state index contributed by atoms with van der Waals surface area (Å²) in [6.45, 7) is 4.34. The summed E-state index contributed by atoms with van der Waals surface area (Å²) < 4.78 is 0. The lowest BCUT2D eigenvalue weighted by Crippen LogP contribution is -2.45. The molecule has 2 atom stereocenters. The number of unbranched alkanes of at least 4 members (excludes halogenated alkanes) is 42. The first-order valence-electron chi connectivity index (χ1n) is 27.6. The molecule has 1 amide bonds. The fourth-order valence-electron chi connectivity index (χ4n) is 8.71. The van der Waals surface area contributed by atoms with Crippen molar-refractivity contribution in [3.63, 3.8) is 0 Å². The second kappa shape index (κ2) is 52.2. The van der Waals surface area contributed by atoms with Gasteiger partial charge in [-0.05, 0) is 44.9 Å². The number of amides is 1. The number of allylic oxidation sites excluding steroid dienone is 3. The van der Waals surface area contributed by atoms with Crippen LogP contribution in [0.1, 0.15) is 309 Å². The van der Waals surface area contributed by atoms with Crippen LogP contribution in [0.2, 0.25) is 0 Å². The third kappa shape index (κ3) is 47.9. The van der Waals surface area contributed by atoms with E-state index in [1.54, 1.807) is 6.08 Å². The van der Waals surface area contributed by atoms with Crippen LogP contribution >= 0.6 is 0 Å². The normalized spacial score (nSPS) is 12.9. The van der Waals surface area contributed by atoms with Gasteiger partial charge >= 0.3 is 0 Å². The number of aliphatic hydroxyl groups excluding tert-OH is 2. The summed E-state index contributed by atoms with van der Waals surface area (Å²) in [6.07, 6.45) is 69.1. The maximum Gasteiger partial charge on any atom is 0.220 e. The molecule has 0 aliphatic heterocycles. The Balaban J connectivity index is 3.43. The van der Waals surface area contributed by atoms with Gasteiger partial charge in [-0.3, -0.25) is 4.79 Å². The van der Waals surface area contributed by atoms with Crippen molar-refractivity contribution in [3.05, 3.63) is 24.3 Å². The molecule has 0 fully saturated rings. The van der Waals surface area contributed by atoms with Crippen LogP contribution in [-0.4, -0.2) is 34.9 Å². The molecule has 0 aromatic carbocycles. The first-order valence-corrected chi connectivity index (χ1v) is 27.6. The van der Waals surface area contributed by atoms with Gasteiger partial charge in [-0.25, -0.2) is 0 Å². The molecule has 4 nitrogen and oxygen atoms in total. The van der Waals surface area contributed by atoms with Gasteiger partial charge in [0, 0.05) is 6.42 Å². The van der Waals surface area contributed by atoms with E-state index in [1.807, 2.05) is 6.08 Å². The van der Waals surface area contributed by atoms with E-state index in [2.05, 4.69) is 31.3 Å². The maximum absolute atomic E-state index is 12.5. The molecule has 0 saturated heterocycles. The lowest BCUT2D eigenvalue weighted by Gasteiger charge is -2.20. The third-order valence-corrected chi connectivity index (χ3v) is 12.9. The van der Waals surface area contributed by atoms with Crippen LogP contribution in [0.5, 0.6) is 0 Å². The van der Waals surface area contributed by atoms with Gasteiger partial charge in [0.05, 0.1) is 18.8 Å². The van der Waals surface area contributed by atoms with Crippen molar-refractivity contribution in [2.24, 2.45) is 0 Å². The molecule has 0 aromatic heterocycles. The van der Waals surface area contributed by atoms with Gasteiger partial charge in [0.2, 0.25) is 5.91 Å². The van der Waals surface area contributed by atoms with E-state index in [9.17, 15) is 15.0 Å². The van der Waals surface area contributed by atoms with Gasteiger partial charge in [-0.15, -0.1) is 0 Å². The van der Waals surface area contributed by atoms with Crippen LogP contribution in [-0.2, 0) is 4.79 Å².